The largest absolute Gasteiger partial charge is 2.00 e. The van der Waals surface area contributed by atoms with E-state index in [-0.39, 0.29) is 21.1 Å². The zero-order valence-corrected chi connectivity index (χ0v) is 24.7. The third kappa shape index (κ3) is 4.66. The molecule has 1 aliphatic heterocycles. The quantitative estimate of drug-likeness (QED) is 0.182. The summed E-state index contributed by atoms with van der Waals surface area (Å²) in [6.45, 7) is 0. The van der Waals surface area contributed by atoms with Crippen LogP contribution in [0.1, 0.15) is 11.1 Å². The van der Waals surface area contributed by atoms with Gasteiger partial charge in [0.2, 0.25) is 11.8 Å². The molecule has 5 nitrogen and oxygen atoms in total. The molecule has 4 aromatic carbocycles. The fraction of sp³-hybridized carbons (Fsp3) is 0.0556. The van der Waals surface area contributed by atoms with Crippen molar-refractivity contribution in [2.75, 3.05) is 0 Å². The van der Waals surface area contributed by atoms with Gasteiger partial charge in [-0.05, 0) is 46.9 Å². The Morgan fingerprint density at radius 3 is 2.02 bits per heavy atom. The first-order valence-corrected chi connectivity index (χ1v) is 13.8. The van der Waals surface area contributed by atoms with Gasteiger partial charge in [-0.1, -0.05) is 108 Å². The minimum atomic E-state index is 0. The number of hydrogen-bond donors (Lipinski definition) is 0. The Bertz CT molecular complexity index is 2080. The van der Waals surface area contributed by atoms with E-state index in [4.69, 9.17) is 25.0 Å². The Balaban J connectivity index is 0.00000288. The monoisotopic (exact) mass is 723 g/mol. The van der Waals surface area contributed by atoms with Crippen LogP contribution >= 0.6 is 0 Å². The predicted molar refractivity (Wildman–Crippen MR) is 164 cm³/mol. The summed E-state index contributed by atoms with van der Waals surface area (Å²) in [6, 6.07) is 40.8. The van der Waals surface area contributed by atoms with E-state index in [0.717, 1.165) is 68.5 Å². The van der Waals surface area contributed by atoms with E-state index in [1.165, 1.54) is 11.1 Å². The van der Waals surface area contributed by atoms with Crippen LogP contribution in [0.5, 0.6) is 11.8 Å². The molecule has 0 bridgehead atoms. The van der Waals surface area contributed by atoms with Crippen LogP contribution in [0.25, 0.3) is 49.6 Å². The fourth-order valence-corrected chi connectivity index (χ4v) is 5.71. The van der Waals surface area contributed by atoms with Gasteiger partial charge < -0.3 is 15.0 Å². The van der Waals surface area contributed by atoms with Gasteiger partial charge in [0.15, 0.2) is 0 Å². The molecule has 1 aliphatic rings. The maximum Gasteiger partial charge on any atom is 2.00 e. The Labute approximate surface area is 257 Å². The molecule has 42 heavy (non-hydrogen) atoms. The number of hydrogen-bond acceptors (Lipinski definition) is 3. The molecule has 0 spiro atoms. The van der Waals surface area contributed by atoms with Crippen molar-refractivity contribution in [2.45, 2.75) is 12.8 Å². The average molecular weight is 724 g/mol. The number of pyridine rings is 2. The minimum absolute atomic E-state index is 0. The molecule has 0 N–H and O–H groups in total. The van der Waals surface area contributed by atoms with Crippen molar-refractivity contribution in [1.29, 1.82) is 0 Å². The van der Waals surface area contributed by atoms with Gasteiger partial charge in [0.05, 0.1) is 11.4 Å². The third-order valence-corrected chi connectivity index (χ3v) is 7.68. The molecule has 0 fully saturated rings. The standard InChI is InChI=1S/C36H24N4O.Pt/c1-3-15-29-23(9-1)21-22-24-10-5-13-27(35(24)39-29)31-17-7-19-33(37-31)41-34-20-8-18-32(38-34)28-14-6-12-26-25-11-2-4-16-30(25)40-36(26)28;/h1-20H,21-22H2;/q-2;+2. The minimum Gasteiger partial charge on any atom is -0.657 e. The summed E-state index contributed by atoms with van der Waals surface area (Å²) < 4.78 is 6.23. The third-order valence-electron chi connectivity index (χ3n) is 7.68. The summed E-state index contributed by atoms with van der Waals surface area (Å²) in [4.78, 5) is 14.6. The van der Waals surface area contributed by atoms with E-state index in [1.807, 2.05) is 60.7 Å². The molecule has 204 valence electrons. The van der Waals surface area contributed by atoms with Crippen LogP contribution in [0.3, 0.4) is 0 Å². The summed E-state index contributed by atoms with van der Waals surface area (Å²) in [5.74, 6) is 0.958. The number of rotatable bonds is 4. The molecule has 8 rings (SSSR count). The van der Waals surface area contributed by atoms with E-state index in [2.05, 4.69) is 60.7 Å². The van der Waals surface area contributed by atoms with Gasteiger partial charge in [-0.15, -0.1) is 22.4 Å². The van der Waals surface area contributed by atoms with E-state index < -0.39 is 0 Å². The second kappa shape index (κ2) is 10.9. The van der Waals surface area contributed by atoms with Crippen molar-refractivity contribution in [3.8, 4) is 34.3 Å². The Morgan fingerprint density at radius 1 is 0.548 bits per heavy atom. The normalized spacial score (nSPS) is 12.1. The first kappa shape index (κ1) is 26.2. The van der Waals surface area contributed by atoms with Crippen LogP contribution in [0, 0.1) is 0 Å². The smallest absolute Gasteiger partial charge is 0.657 e. The Kier molecular flexibility index (Phi) is 6.81. The van der Waals surface area contributed by atoms with Crippen LogP contribution in [-0.2, 0) is 33.9 Å². The van der Waals surface area contributed by atoms with Gasteiger partial charge in [0, 0.05) is 12.1 Å². The maximum absolute atomic E-state index is 6.23. The maximum atomic E-state index is 6.23. The fourth-order valence-electron chi connectivity index (χ4n) is 5.71. The first-order valence-electron chi connectivity index (χ1n) is 13.8. The number of nitrogens with zero attached hydrogens (tertiary/aromatic N) is 4. The SMILES string of the molecule is [Pt+2].c1cc(Oc2cccc(-c3cccc4c3[n-]c3ccccc34)n2)nc(-c2cccc3c2[N-]c2ccccc2CC3)c1. The number of benzene rings is 4. The number of ether oxygens (including phenoxy) is 1. The summed E-state index contributed by atoms with van der Waals surface area (Å²) in [5, 5.41) is 7.35. The zero-order chi connectivity index (χ0) is 27.2. The number of fused-ring (bicyclic) bond motifs is 5. The first-order chi connectivity index (χ1) is 20.3. The molecule has 0 radical (unpaired) electrons. The topological polar surface area (TPSA) is 63.2 Å². The molecule has 0 aliphatic carbocycles. The van der Waals surface area contributed by atoms with Crippen molar-refractivity contribution >= 4 is 33.2 Å². The summed E-state index contributed by atoms with van der Waals surface area (Å²) in [5.41, 5.74) is 10.0. The second-order valence-corrected chi connectivity index (χ2v) is 10.2. The van der Waals surface area contributed by atoms with Gasteiger partial charge in [-0.3, -0.25) is 0 Å². The van der Waals surface area contributed by atoms with Crippen LogP contribution in [0.2, 0.25) is 0 Å². The summed E-state index contributed by atoms with van der Waals surface area (Å²) in [6.07, 6.45) is 1.91. The van der Waals surface area contributed by atoms with E-state index in [1.54, 1.807) is 0 Å². The number of aryl methyl sites for hydroxylation is 2. The van der Waals surface area contributed by atoms with Crippen molar-refractivity contribution in [3.05, 3.63) is 138 Å². The average Bonchev–Trinajstić information content (AvgIpc) is 3.29. The van der Waals surface area contributed by atoms with E-state index in [0.29, 0.717) is 11.8 Å². The molecular formula is C36H24N4OPt. The Morgan fingerprint density at radius 2 is 1.17 bits per heavy atom. The van der Waals surface area contributed by atoms with Crippen molar-refractivity contribution in [2.24, 2.45) is 0 Å². The van der Waals surface area contributed by atoms with Gasteiger partial charge in [-0.25, -0.2) is 9.97 Å². The van der Waals surface area contributed by atoms with Crippen LogP contribution in [-0.4, -0.2) is 9.97 Å². The van der Waals surface area contributed by atoms with Crippen LogP contribution in [0.4, 0.5) is 11.4 Å². The molecule has 4 heterocycles. The van der Waals surface area contributed by atoms with Gasteiger partial charge in [-0.2, -0.15) is 0 Å². The zero-order valence-electron chi connectivity index (χ0n) is 22.5. The van der Waals surface area contributed by atoms with Crippen molar-refractivity contribution in [1.82, 2.24) is 15.0 Å². The van der Waals surface area contributed by atoms with E-state index in [9.17, 15) is 0 Å². The summed E-state index contributed by atoms with van der Waals surface area (Å²) >= 11 is 0. The predicted octanol–water partition coefficient (Wildman–Crippen LogP) is 9.30. The molecule has 3 aromatic heterocycles. The van der Waals surface area contributed by atoms with E-state index >= 15 is 0 Å². The van der Waals surface area contributed by atoms with Crippen LogP contribution < -0.4 is 9.72 Å². The van der Waals surface area contributed by atoms with Crippen molar-refractivity contribution < 1.29 is 25.8 Å². The molecule has 0 saturated heterocycles. The van der Waals surface area contributed by atoms with Crippen LogP contribution in [0.15, 0.2) is 121 Å². The van der Waals surface area contributed by atoms with Crippen molar-refractivity contribution in [3.63, 3.8) is 0 Å². The molecule has 0 amide bonds. The van der Waals surface area contributed by atoms with Gasteiger partial charge in [0.25, 0.3) is 0 Å². The molecule has 0 saturated carbocycles. The second-order valence-electron chi connectivity index (χ2n) is 10.2. The number of aromatic nitrogens is 3. The molecular weight excluding hydrogens is 700 g/mol. The molecule has 6 heteroatoms. The van der Waals surface area contributed by atoms with Gasteiger partial charge in [0.1, 0.15) is 0 Å². The summed E-state index contributed by atoms with van der Waals surface area (Å²) in [7, 11) is 0. The molecule has 0 unspecified atom stereocenters. The molecule has 0 atom stereocenters. The van der Waals surface area contributed by atoms with Gasteiger partial charge >= 0.3 is 21.1 Å². The number of para-hydroxylation sites is 4. The molecule has 7 aromatic rings. The Hall–Kier alpha value is -4.73.